The van der Waals surface area contributed by atoms with Crippen molar-refractivity contribution in [2.24, 2.45) is 0 Å². The molecule has 0 unspecified atom stereocenters. The van der Waals surface area contributed by atoms with Gasteiger partial charge in [0.05, 0.1) is 16.6 Å². The Labute approximate surface area is 181 Å². The van der Waals surface area contributed by atoms with Gasteiger partial charge in [0.25, 0.3) is 11.8 Å². The fourth-order valence-corrected chi connectivity index (χ4v) is 3.78. The summed E-state index contributed by atoms with van der Waals surface area (Å²) in [5.74, 6) is -1.33. The summed E-state index contributed by atoms with van der Waals surface area (Å²) in [5.41, 5.74) is 2.14. The van der Waals surface area contributed by atoms with Crippen LogP contribution >= 0.6 is 23.8 Å². The van der Waals surface area contributed by atoms with Gasteiger partial charge in [0.1, 0.15) is 17.4 Å². The number of amides is 2. The van der Waals surface area contributed by atoms with Crippen LogP contribution in [0.2, 0.25) is 5.02 Å². The van der Waals surface area contributed by atoms with Crippen LogP contribution in [0.1, 0.15) is 16.7 Å². The molecule has 2 heterocycles. The largest absolute Gasteiger partial charge is 0.463 e. The molecule has 0 aliphatic carbocycles. The first-order valence-electron chi connectivity index (χ1n) is 8.96. The number of hydrogen-bond donors (Lipinski definition) is 1. The van der Waals surface area contributed by atoms with E-state index in [1.165, 1.54) is 17.2 Å². The van der Waals surface area contributed by atoms with Gasteiger partial charge in [-0.05, 0) is 73.6 Å². The number of rotatable bonds is 2. The lowest BCUT2D eigenvalue weighted by Gasteiger charge is -2.28. The van der Waals surface area contributed by atoms with E-state index in [1.54, 1.807) is 30.3 Å². The second-order valence-electron chi connectivity index (χ2n) is 6.91. The monoisotopic (exact) mass is 438 g/mol. The zero-order chi connectivity index (χ0) is 21.6. The van der Waals surface area contributed by atoms with Crippen molar-refractivity contribution in [1.29, 1.82) is 0 Å². The predicted octanol–water partition coefficient (Wildman–Crippen LogP) is 3.89. The maximum atomic E-state index is 13.1. The van der Waals surface area contributed by atoms with E-state index in [9.17, 15) is 14.4 Å². The highest BCUT2D eigenvalue weighted by molar-refractivity contribution is 7.80. The Hall–Kier alpha value is -3.29. The molecular weight excluding hydrogens is 424 g/mol. The predicted molar refractivity (Wildman–Crippen MR) is 120 cm³/mol. The molecule has 1 aromatic heterocycles. The Kier molecular flexibility index (Phi) is 5.01. The van der Waals surface area contributed by atoms with Crippen molar-refractivity contribution in [2.75, 3.05) is 4.90 Å². The van der Waals surface area contributed by atoms with Crippen LogP contribution in [0.3, 0.4) is 0 Å². The summed E-state index contributed by atoms with van der Waals surface area (Å²) < 4.78 is 5.60. The van der Waals surface area contributed by atoms with Crippen molar-refractivity contribution in [3.05, 3.63) is 80.2 Å². The quantitative estimate of drug-likeness (QED) is 0.373. The standard InChI is InChI=1S/C22H15ClN2O4S/c1-11-7-12(2)18-17(8-11)29-10-13(19(18)26)9-16-20(27)24-22(30)25(21(16)28)15-5-3-14(23)4-6-15/h3-10H,1-2H3,(H,24,27,30)/b16-9-. The molecule has 0 saturated carbocycles. The topological polar surface area (TPSA) is 79.6 Å². The summed E-state index contributed by atoms with van der Waals surface area (Å²) in [7, 11) is 0. The lowest BCUT2D eigenvalue weighted by atomic mass is 10.0. The number of halogens is 1. The van der Waals surface area contributed by atoms with Crippen LogP contribution in [0.25, 0.3) is 17.0 Å². The van der Waals surface area contributed by atoms with Gasteiger partial charge in [-0.15, -0.1) is 0 Å². The highest BCUT2D eigenvalue weighted by Crippen LogP contribution is 2.24. The zero-order valence-electron chi connectivity index (χ0n) is 16.0. The number of fused-ring (bicyclic) bond motifs is 1. The number of hydrogen-bond acceptors (Lipinski definition) is 5. The summed E-state index contributed by atoms with van der Waals surface area (Å²) in [6.07, 6.45) is 2.48. The van der Waals surface area contributed by atoms with Gasteiger partial charge in [-0.3, -0.25) is 24.6 Å². The molecule has 1 saturated heterocycles. The summed E-state index contributed by atoms with van der Waals surface area (Å²) >= 11 is 11.1. The van der Waals surface area contributed by atoms with Crippen LogP contribution in [0, 0.1) is 13.8 Å². The molecule has 1 N–H and O–H groups in total. The second-order valence-corrected chi connectivity index (χ2v) is 7.73. The molecule has 0 bridgehead atoms. The molecule has 1 aliphatic heterocycles. The number of carbonyl (C=O) groups excluding carboxylic acids is 2. The number of nitrogens with zero attached hydrogens (tertiary/aromatic N) is 1. The third-order valence-corrected chi connectivity index (χ3v) is 5.27. The number of nitrogens with one attached hydrogen (secondary N) is 1. The molecule has 1 aliphatic rings. The Morgan fingerprint density at radius 1 is 1.10 bits per heavy atom. The lowest BCUT2D eigenvalue weighted by Crippen LogP contribution is -2.54. The minimum atomic E-state index is -0.685. The van der Waals surface area contributed by atoms with Gasteiger partial charge >= 0.3 is 0 Å². The molecule has 1 fully saturated rings. The molecular formula is C22H15ClN2O4S. The van der Waals surface area contributed by atoms with E-state index in [2.05, 4.69) is 5.32 Å². The van der Waals surface area contributed by atoms with E-state index in [0.29, 0.717) is 21.7 Å². The molecule has 0 atom stereocenters. The number of anilines is 1. The molecule has 8 heteroatoms. The van der Waals surface area contributed by atoms with E-state index in [-0.39, 0.29) is 21.7 Å². The minimum Gasteiger partial charge on any atom is -0.463 e. The lowest BCUT2D eigenvalue weighted by molar-refractivity contribution is -0.122. The number of thiocarbonyl (C=S) groups is 1. The van der Waals surface area contributed by atoms with E-state index in [0.717, 1.165) is 11.1 Å². The van der Waals surface area contributed by atoms with Gasteiger partial charge < -0.3 is 4.42 Å². The van der Waals surface area contributed by atoms with Crippen molar-refractivity contribution in [3.8, 4) is 0 Å². The maximum absolute atomic E-state index is 13.1. The zero-order valence-corrected chi connectivity index (χ0v) is 17.6. The fraction of sp³-hybridized carbons (Fsp3) is 0.0909. The van der Waals surface area contributed by atoms with Gasteiger partial charge in [-0.25, -0.2) is 0 Å². The first kappa shape index (κ1) is 20.0. The van der Waals surface area contributed by atoms with Gasteiger partial charge in [-0.2, -0.15) is 0 Å². The van der Waals surface area contributed by atoms with Crippen LogP contribution < -0.4 is 15.6 Å². The fourth-order valence-electron chi connectivity index (χ4n) is 3.37. The van der Waals surface area contributed by atoms with E-state index < -0.39 is 11.8 Å². The van der Waals surface area contributed by atoms with Crippen LogP contribution in [0.15, 0.2) is 57.4 Å². The Balaban J connectivity index is 1.82. The first-order chi connectivity index (χ1) is 14.3. The normalized spacial score (nSPS) is 15.8. The smallest absolute Gasteiger partial charge is 0.270 e. The Bertz CT molecular complexity index is 1330. The van der Waals surface area contributed by atoms with Crippen molar-refractivity contribution >= 4 is 63.5 Å². The van der Waals surface area contributed by atoms with Crippen molar-refractivity contribution in [1.82, 2.24) is 5.32 Å². The van der Waals surface area contributed by atoms with E-state index >= 15 is 0 Å². The molecule has 2 amide bonds. The number of carbonyl (C=O) groups is 2. The highest BCUT2D eigenvalue weighted by Gasteiger charge is 2.34. The third-order valence-electron chi connectivity index (χ3n) is 4.73. The van der Waals surface area contributed by atoms with Gasteiger partial charge in [-0.1, -0.05) is 17.7 Å². The maximum Gasteiger partial charge on any atom is 0.270 e. The Morgan fingerprint density at radius 3 is 2.50 bits per heavy atom. The van der Waals surface area contributed by atoms with Gasteiger partial charge in [0, 0.05) is 5.02 Å². The molecule has 30 heavy (non-hydrogen) atoms. The molecule has 6 nitrogen and oxygen atoms in total. The van der Waals surface area contributed by atoms with Crippen molar-refractivity contribution < 1.29 is 14.0 Å². The average Bonchev–Trinajstić information content (AvgIpc) is 2.67. The molecule has 2 aromatic carbocycles. The van der Waals surface area contributed by atoms with E-state index in [4.69, 9.17) is 28.2 Å². The second kappa shape index (κ2) is 7.51. The third kappa shape index (κ3) is 3.42. The van der Waals surface area contributed by atoms with Crippen LogP contribution in [0.4, 0.5) is 5.69 Å². The summed E-state index contributed by atoms with van der Waals surface area (Å²) in [6.45, 7) is 3.71. The number of aryl methyl sites for hydroxylation is 2. The van der Waals surface area contributed by atoms with Crippen LogP contribution in [0.5, 0.6) is 0 Å². The van der Waals surface area contributed by atoms with E-state index in [1.807, 2.05) is 19.9 Å². The van der Waals surface area contributed by atoms with Crippen LogP contribution in [-0.4, -0.2) is 16.9 Å². The molecule has 0 radical (unpaired) electrons. The first-order valence-corrected chi connectivity index (χ1v) is 9.74. The molecule has 4 rings (SSSR count). The Morgan fingerprint density at radius 2 is 1.80 bits per heavy atom. The molecule has 150 valence electrons. The summed E-state index contributed by atoms with van der Waals surface area (Å²) in [4.78, 5) is 39.7. The molecule has 3 aromatic rings. The number of benzene rings is 2. The SMILES string of the molecule is Cc1cc(C)c2c(=O)c(/C=C3/C(=O)NC(=S)N(c4ccc(Cl)cc4)C3=O)coc2c1. The van der Waals surface area contributed by atoms with Crippen LogP contribution in [-0.2, 0) is 9.59 Å². The minimum absolute atomic E-state index is 0.0543. The summed E-state index contributed by atoms with van der Waals surface area (Å²) in [5, 5.41) is 3.33. The molecule has 0 spiro atoms. The van der Waals surface area contributed by atoms with Gasteiger partial charge in [0.15, 0.2) is 10.5 Å². The summed E-state index contributed by atoms with van der Waals surface area (Å²) in [6, 6.07) is 10.1. The van der Waals surface area contributed by atoms with Crippen molar-refractivity contribution in [3.63, 3.8) is 0 Å². The highest BCUT2D eigenvalue weighted by atomic mass is 35.5. The van der Waals surface area contributed by atoms with Gasteiger partial charge in [0.2, 0.25) is 0 Å². The average molecular weight is 439 g/mol. The van der Waals surface area contributed by atoms with Crippen molar-refractivity contribution in [2.45, 2.75) is 13.8 Å².